The number of nitriles is 1. The SMILES string of the molecule is CCOC(=O)[C@@]1(CC#N)CCN(Cc2ccccc2)CC1=O. The summed E-state index contributed by atoms with van der Waals surface area (Å²) < 4.78 is 5.03. The average Bonchev–Trinajstić information content (AvgIpc) is 2.51. The normalized spacial score (nSPS) is 22.1. The van der Waals surface area contributed by atoms with Crippen LogP contribution in [0.1, 0.15) is 25.3 Å². The number of likely N-dealkylation sites (tertiary alicyclic amines) is 1. The third kappa shape index (κ3) is 3.34. The summed E-state index contributed by atoms with van der Waals surface area (Å²) in [4.78, 5) is 26.7. The van der Waals surface area contributed by atoms with Crippen LogP contribution in [0, 0.1) is 16.7 Å². The minimum atomic E-state index is -1.28. The van der Waals surface area contributed by atoms with Gasteiger partial charge in [0.2, 0.25) is 0 Å². The van der Waals surface area contributed by atoms with Gasteiger partial charge in [0, 0.05) is 13.1 Å². The first kappa shape index (κ1) is 16.2. The van der Waals surface area contributed by atoms with Gasteiger partial charge in [0.25, 0.3) is 0 Å². The molecular formula is C17H20N2O3. The Morgan fingerprint density at radius 3 is 2.73 bits per heavy atom. The van der Waals surface area contributed by atoms with E-state index in [-0.39, 0.29) is 25.4 Å². The van der Waals surface area contributed by atoms with Crippen molar-refractivity contribution >= 4 is 11.8 Å². The van der Waals surface area contributed by atoms with Crippen LogP contribution in [0.25, 0.3) is 0 Å². The van der Waals surface area contributed by atoms with Gasteiger partial charge in [-0.05, 0) is 18.9 Å². The lowest BCUT2D eigenvalue weighted by Crippen LogP contribution is -2.52. The van der Waals surface area contributed by atoms with Crippen molar-refractivity contribution < 1.29 is 14.3 Å². The second-order valence-electron chi connectivity index (χ2n) is 5.51. The molecule has 0 N–H and O–H groups in total. The fourth-order valence-electron chi connectivity index (χ4n) is 2.78. The molecule has 1 atom stereocenters. The highest BCUT2D eigenvalue weighted by atomic mass is 16.5. The van der Waals surface area contributed by atoms with E-state index < -0.39 is 11.4 Å². The summed E-state index contributed by atoms with van der Waals surface area (Å²) in [5, 5.41) is 9.00. The number of esters is 1. The van der Waals surface area contributed by atoms with Gasteiger partial charge in [0.15, 0.2) is 5.78 Å². The first-order valence-electron chi connectivity index (χ1n) is 7.46. The number of piperidine rings is 1. The third-order valence-corrected chi connectivity index (χ3v) is 4.05. The largest absolute Gasteiger partial charge is 0.465 e. The summed E-state index contributed by atoms with van der Waals surface area (Å²) in [5.74, 6) is -0.768. The van der Waals surface area contributed by atoms with Crippen LogP contribution in [0.2, 0.25) is 0 Å². The van der Waals surface area contributed by atoms with Gasteiger partial charge in [-0.2, -0.15) is 5.26 Å². The number of hydrogen-bond donors (Lipinski definition) is 0. The summed E-state index contributed by atoms with van der Waals surface area (Å²) >= 11 is 0. The van der Waals surface area contributed by atoms with E-state index in [4.69, 9.17) is 10.00 Å². The average molecular weight is 300 g/mol. The third-order valence-electron chi connectivity index (χ3n) is 4.05. The van der Waals surface area contributed by atoms with Crippen molar-refractivity contribution in [1.82, 2.24) is 4.90 Å². The van der Waals surface area contributed by atoms with Crippen LogP contribution >= 0.6 is 0 Å². The predicted molar refractivity (Wildman–Crippen MR) is 80.6 cm³/mol. The molecule has 1 saturated heterocycles. The van der Waals surface area contributed by atoms with Crippen LogP contribution in [0.3, 0.4) is 0 Å². The molecule has 1 aromatic carbocycles. The maximum atomic E-state index is 12.5. The zero-order chi connectivity index (χ0) is 16.0. The molecule has 5 nitrogen and oxygen atoms in total. The molecule has 0 radical (unpaired) electrons. The molecule has 0 bridgehead atoms. The number of nitrogens with zero attached hydrogens (tertiary/aromatic N) is 2. The maximum Gasteiger partial charge on any atom is 0.320 e. The fourth-order valence-corrected chi connectivity index (χ4v) is 2.78. The Morgan fingerprint density at radius 1 is 1.41 bits per heavy atom. The number of benzene rings is 1. The van der Waals surface area contributed by atoms with Crippen LogP contribution < -0.4 is 0 Å². The van der Waals surface area contributed by atoms with E-state index >= 15 is 0 Å². The molecule has 1 heterocycles. The van der Waals surface area contributed by atoms with E-state index in [1.165, 1.54) is 0 Å². The van der Waals surface area contributed by atoms with Gasteiger partial charge in [-0.3, -0.25) is 14.5 Å². The number of hydrogen-bond acceptors (Lipinski definition) is 5. The minimum absolute atomic E-state index is 0.107. The number of rotatable bonds is 5. The Bertz CT molecular complexity index is 579. The maximum absolute atomic E-state index is 12.5. The number of ketones is 1. The monoisotopic (exact) mass is 300 g/mol. The van der Waals surface area contributed by atoms with Crippen molar-refractivity contribution in [3.63, 3.8) is 0 Å². The van der Waals surface area contributed by atoms with Gasteiger partial charge in [-0.25, -0.2) is 0 Å². The lowest BCUT2D eigenvalue weighted by molar-refractivity contribution is -0.163. The Labute approximate surface area is 130 Å². The Balaban J connectivity index is 2.08. The molecule has 0 amide bonds. The van der Waals surface area contributed by atoms with Gasteiger partial charge in [0.1, 0.15) is 5.41 Å². The zero-order valence-electron chi connectivity index (χ0n) is 12.7. The van der Waals surface area contributed by atoms with Crippen LogP contribution in [-0.2, 0) is 20.9 Å². The van der Waals surface area contributed by atoms with Crippen molar-refractivity contribution in [3.05, 3.63) is 35.9 Å². The molecule has 22 heavy (non-hydrogen) atoms. The van der Waals surface area contributed by atoms with Crippen LogP contribution in [-0.4, -0.2) is 36.3 Å². The first-order valence-corrected chi connectivity index (χ1v) is 7.46. The summed E-state index contributed by atoms with van der Waals surface area (Å²) in [6, 6.07) is 11.9. The standard InChI is InChI=1S/C17H20N2O3/c1-2-22-16(21)17(8-10-18)9-11-19(13-15(17)20)12-14-6-4-3-5-7-14/h3-7H,2,8-9,11-13H2,1H3/t17-/m0/s1. The topological polar surface area (TPSA) is 70.4 Å². The van der Waals surface area contributed by atoms with Crippen LogP contribution in [0.15, 0.2) is 30.3 Å². The summed E-state index contributed by atoms with van der Waals surface area (Å²) in [6.07, 6.45) is 0.231. The van der Waals surface area contributed by atoms with Gasteiger partial charge in [-0.15, -0.1) is 0 Å². The minimum Gasteiger partial charge on any atom is -0.465 e. The smallest absolute Gasteiger partial charge is 0.320 e. The molecule has 0 unspecified atom stereocenters. The van der Waals surface area contributed by atoms with E-state index in [0.29, 0.717) is 19.5 Å². The van der Waals surface area contributed by atoms with Crippen molar-refractivity contribution in [3.8, 4) is 6.07 Å². The van der Waals surface area contributed by atoms with Gasteiger partial charge in [0.05, 0.1) is 25.6 Å². The van der Waals surface area contributed by atoms with Gasteiger partial charge < -0.3 is 4.74 Å². The molecule has 1 fully saturated rings. The molecule has 1 aliphatic heterocycles. The van der Waals surface area contributed by atoms with Crippen LogP contribution in [0.5, 0.6) is 0 Å². The fraction of sp³-hybridized carbons (Fsp3) is 0.471. The number of Topliss-reactive ketones (excluding diaryl/α,β-unsaturated/α-hetero) is 1. The molecule has 0 spiro atoms. The molecule has 0 aromatic heterocycles. The number of ether oxygens (including phenoxy) is 1. The van der Waals surface area contributed by atoms with Crippen molar-refractivity contribution in [2.24, 2.45) is 5.41 Å². The Kier molecular flexibility index (Phi) is 5.29. The highest BCUT2D eigenvalue weighted by molar-refractivity contribution is 6.05. The van der Waals surface area contributed by atoms with E-state index in [1.807, 2.05) is 41.3 Å². The zero-order valence-corrected chi connectivity index (χ0v) is 12.7. The lowest BCUT2D eigenvalue weighted by atomic mass is 9.75. The molecular weight excluding hydrogens is 280 g/mol. The van der Waals surface area contributed by atoms with Crippen molar-refractivity contribution in [2.75, 3.05) is 19.7 Å². The molecule has 1 aromatic rings. The Hall–Kier alpha value is -2.19. The number of carbonyl (C=O) groups excluding carboxylic acids is 2. The first-order chi connectivity index (χ1) is 10.6. The van der Waals surface area contributed by atoms with Crippen molar-refractivity contribution in [2.45, 2.75) is 26.3 Å². The quantitative estimate of drug-likeness (QED) is 0.614. The second kappa shape index (κ2) is 7.19. The second-order valence-corrected chi connectivity index (χ2v) is 5.51. The van der Waals surface area contributed by atoms with E-state index in [1.54, 1.807) is 6.92 Å². The number of carbonyl (C=O) groups is 2. The molecule has 116 valence electrons. The lowest BCUT2D eigenvalue weighted by Gasteiger charge is -2.37. The van der Waals surface area contributed by atoms with Gasteiger partial charge in [-0.1, -0.05) is 30.3 Å². The van der Waals surface area contributed by atoms with Gasteiger partial charge >= 0.3 is 5.97 Å². The van der Waals surface area contributed by atoms with E-state index in [0.717, 1.165) is 5.56 Å². The molecule has 5 heteroatoms. The predicted octanol–water partition coefficient (Wildman–Crippen LogP) is 1.92. The summed E-state index contributed by atoms with van der Waals surface area (Å²) in [6.45, 7) is 3.36. The molecule has 0 saturated carbocycles. The molecule has 2 rings (SSSR count). The highest BCUT2D eigenvalue weighted by Crippen LogP contribution is 2.34. The van der Waals surface area contributed by atoms with Crippen molar-refractivity contribution in [1.29, 1.82) is 5.26 Å². The van der Waals surface area contributed by atoms with E-state index in [2.05, 4.69) is 0 Å². The molecule has 0 aliphatic carbocycles. The van der Waals surface area contributed by atoms with E-state index in [9.17, 15) is 9.59 Å². The van der Waals surface area contributed by atoms with Crippen LogP contribution in [0.4, 0.5) is 0 Å². The molecule has 1 aliphatic rings. The Morgan fingerprint density at radius 2 is 2.14 bits per heavy atom. The summed E-state index contributed by atoms with van der Waals surface area (Å²) in [5.41, 5.74) is -0.156. The highest BCUT2D eigenvalue weighted by Gasteiger charge is 2.49. The summed E-state index contributed by atoms with van der Waals surface area (Å²) in [7, 11) is 0.